The highest BCUT2D eigenvalue weighted by atomic mass is 16.5. The van der Waals surface area contributed by atoms with Crippen LogP contribution in [0.2, 0.25) is 0 Å². The number of esters is 1. The van der Waals surface area contributed by atoms with Gasteiger partial charge in [0.25, 0.3) is 0 Å². The molecule has 1 amide bonds. The van der Waals surface area contributed by atoms with Crippen molar-refractivity contribution < 1.29 is 14.3 Å². The highest BCUT2D eigenvalue weighted by Crippen LogP contribution is 2.08. The van der Waals surface area contributed by atoms with Crippen LogP contribution in [0.1, 0.15) is 90.9 Å². The summed E-state index contributed by atoms with van der Waals surface area (Å²) in [7, 11) is 0. The van der Waals surface area contributed by atoms with Crippen molar-refractivity contribution in [3.8, 4) is 0 Å². The highest BCUT2D eigenvalue weighted by Gasteiger charge is 2.15. The molecule has 146 valence electrons. The number of carbonyl (C=O) groups excluding carboxylic acids is 2. The molecule has 0 spiro atoms. The number of nitrogens with zero attached hydrogens (tertiary/aromatic N) is 1. The Bertz CT molecular complexity index is 355. The molecule has 0 aliphatic rings. The number of hydrogen-bond acceptors (Lipinski definition) is 3. The molecule has 0 heterocycles. The van der Waals surface area contributed by atoms with E-state index in [9.17, 15) is 9.59 Å². The smallest absolute Gasteiger partial charge is 0.325 e. The molecule has 0 unspecified atom stereocenters. The van der Waals surface area contributed by atoms with Crippen LogP contribution in [-0.4, -0.2) is 36.5 Å². The summed E-state index contributed by atoms with van der Waals surface area (Å²) in [5.74, 6) is -0.505. The fourth-order valence-electron chi connectivity index (χ4n) is 2.75. The molecule has 0 saturated carbocycles. The molecule has 4 heteroatoms. The van der Waals surface area contributed by atoms with E-state index in [1.54, 1.807) is 4.90 Å². The summed E-state index contributed by atoms with van der Waals surface area (Å²) in [4.78, 5) is 25.3. The van der Waals surface area contributed by atoms with Crippen molar-refractivity contribution in [1.29, 1.82) is 0 Å². The first-order valence-electron chi connectivity index (χ1n) is 10.2. The number of ether oxygens (including phenoxy) is 1. The van der Waals surface area contributed by atoms with Crippen LogP contribution in [0.15, 0.2) is 12.7 Å². The molecule has 0 radical (unpaired) electrons. The highest BCUT2D eigenvalue weighted by molar-refractivity contribution is 5.89. The van der Waals surface area contributed by atoms with Gasteiger partial charge in [-0.05, 0) is 18.9 Å². The largest absolute Gasteiger partial charge is 0.464 e. The first kappa shape index (κ1) is 23.7. The molecule has 0 atom stereocenters. The molecule has 0 saturated heterocycles. The van der Waals surface area contributed by atoms with E-state index in [1.165, 1.54) is 44.6 Å². The quantitative estimate of drug-likeness (QED) is 0.203. The van der Waals surface area contributed by atoms with Gasteiger partial charge in [0.2, 0.25) is 5.91 Å². The summed E-state index contributed by atoms with van der Waals surface area (Å²) in [6.45, 7) is 8.97. The molecule has 0 aromatic carbocycles. The average molecular weight is 354 g/mol. The summed E-state index contributed by atoms with van der Waals surface area (Å²) >= 11 is 0. The maximum absolute atomic E-state index is 11.9. The Labute approximate surface area is 155 Å². The first-order valence-corrected chi connectivity index (χ1v) is 10.2. The number of unbranched alkanes of at least 4 members (excludes halogenated alkanes) is 10. The van der Waals surface area contributed by atoms with Gasteiger partial charge in [-0.25, -0.2) is 0 Å². The van der Waals surface area contributed by atoms with Gasteiger partial charge in [0.05, 0.1) is 6.61 Å². The van der Waals surface area contributed by atoms with Crippen molar-refractivity contribution in [3.05, 3.63) is 12.7 Å². The molecule has 0 rings (SSSR count). The summed E-state index contributed by atoms with van der Waals surface area (Å²) < 4.78 is 5.27. The van der Waals surface area contributed by atoms with Crippen molar-refractivity contribution in [2.75, 3.05) is 19.7 Å². The lowest BCUT2D eigenvalue weighted by Crippen LogP contribution is -2.36. The number of rotatable bonds is 17. The van der Waals surface area contributed by atoms with E-state index in [2.05, 4.69) is 20.4 Å². The van der Waals surface area contributed by atoms with Gasteiger partial charge in [-0.2, -0.15) is 0 Å². The second kappa shape index (κ2) is 17.5. The molecule has 0 aliphatic carbocycles. The van der Waals surface area contributed by atoms with Crippen molar-refractivity contribution in [2.45, 2.75) is 90.9 Å². The normalized spacial score (nSPS) is 10.5. The lowest BCUT2D eigenvalue weighted by molar-refractivity contribution is -0.148. The van der Waals surface area contributed by atoms with E-state index >= 15 is 0 Å². The molecule has 4 nitrogen and oxygen atoms in total. The molecule has 0 fully saturated rings. The van der Waals surface area contributed by atoms with Crippen LogP contribution >= 0.6 is 0 Å². The summed E-state index contributed by atoms with van der Waals surface area (Å²) in [6, 6.07) is 0. The second-order valence-electron chi connectivity index (χ2n) is 6.72. The first-order chi connectivity index (χ1) is 12.2. The maximum Gasteiger partial charge on any atom is 0.325 e. The Morgan fingerprint density at radius 3 is 1.92 bits per heavy atom. The van der Waals surface area contributed by atoms with Gasteiger partial charge < -0.3 is 9.64 Å². The van der Waals surface area contributed by atoms with Crippen LogP contribution in [0.3, 0.4) is 0 Å². The summed E-state index contributed by atoms with van der Waals surface area (Å²) in [5, 5.41) is 0. The van der Waals surface area contributed by atoms with Crippen LogP contribution in [0.25, 0.3) is 0 Å². The third kappa shape index (κ3) is 14.7. The summed E-state index contributed by atoms with van der Waals surface area (Å²) in [5.41, 5.74) is 0. The minimum atomic E-state index is -0.311. The van der Waals surface area contributed by atoms with Crippen LogP contribution in [-0.2, 0) is 14.3 Å². The predicted molar refractivity (Wildman–Crippen MR) is 104 cm³/mol. The summed E-state index contributed by atoms with van der Waals surface area (Å²) in [6.07, 6.45) is 15.3. The van der Waals surface area contributed by atoms with Gasteiger partial charge in [0.1, 0.15) is 6.54 Å². The molecule has 0 N–H and O–H groups in total. The van der Waals surface area contributed by atoms with Crippen LogP contribution < -0.4 is 0 Å². The van der Waals surface area contributed by atoms with E-state index in [1.807, 2.05) is 0 Å². The van der Waals surface area contributed by atoms with E-state index < -0.39 is 0 Å². The molecule has 0 aliphatic heterocycles. The van der Waals surface area contributed by atoms with Gasteiger partial charge in [-0.15, -0.1) is 0 Å². The third-order valence-corrected chi connectivity index (χ3v) is 4.35. The topological polar surface area (TPSA) is 46.6 Å². The fourth-order valence-corrected chi connectivity index (χ4v) is 2.75. The Hall–Kier alpha value is -1.32. The molecule has 0 aromatic heterocycles. The lowest BCUT2D eigenvalue weighted by atomic mass is 10.1. The second-order valence-corrected chi connectivity index (χ2v) is 6.72. The van der Waals surface area contributed by atoms with E-state index in [0.717, 1.165) is 38.5 Å². The van der Waals surface area contributed by atoms with E-state index in [0.29, 0.717) is 13.2 Å². The van der Waals surface area contributed by atoms with Gasteiger partial charge >= 0.3 is 5.97 Å². The molecular formula is C21H39NO3. The van der Waals surface area contributed by atoms with Gasteiger partial charge in [-0.1, -0.05) is 84.6 Å². The van der Waals surface area contributed by atoms with Crippen molar-refractivity contribution in [3.63, 3.8) is 0 Å². The van der Waals surface area contributed by atoms with Crippen LogP contribution in [0, 0.1) is 0 Å². The minimum absolute atomic E-state index is 0.0357. The zero-order chi connectivity index (χ0) is 18.8. The van der Waals surface area contributed by atoms with Crippen LogP contribution in [0.5, 0.6) is 0 Å². The third-order valence-electron chi connectivity index (χ3n) is 4.35. The monoisotopic (exact) mass is 353 g/mol. The van der Waals surface area contributed by atoms with Crippen molar-refractivity contribution in [2.24, 2.45) is 0 Å². The average Bonchev–Trinajstić information content (AvgIpc) is 2.62. The fraction of sp³-hybridized carbons (Fsp3) is 0.810. The lowest BCUT2D eigenvalue weighted by Gasteiger charge is -2.20. The standard InChI is InChI=1S/C21H39NO3/c1-4-7-9-11-12-13-14-16-18-25-21(24)19-22(20(23)6-3)17-15-10-8-5-2/h6H,3-5,7-19H2,1-2H3. The Balaban J connectivity index is 3.79. The Morgan fingerprint density at radius 2 is 1.36 bits per heavy atom. The van der Waals surface area contributed by atoms with E-state index in [4.69, 9.17) is 4.74 Å². The molecule has 0 bridgehead atoms. The number of amides is 1. The number of carbonyl (C=O) groups is 2. The molecular weight excluding hydrogens is 314 g/mol. The van der Waals surface area contributed by atoms with Crippen molar-refractivity contribution in [1.82, 2.24) is 4.90 Å². The predicted octanol–water partition coefficient (Wildman–Crippen LogP) is 5.27. The Morgan fingerprint density at radius 1 is 0.840 bits per heavy atom. The van der Waals surface area contributed by atoms with Gasteiger partial charge in [0, 0.05) is 6.54 Å². The SMILES string of the molecule is C=CC(=O)N(CCCCCC)CC(=O)OCCCCCCCCCC. The van der Waals surface area contributed by atoms with Crippen molar-refractivity contribution >= 4 is 11.9 Å². The van der Waals surface area contributed by atoms with Gasteiger partial charge in [-0.3, -0.25) is 9.59 Å². The zero-order valence-corrected chi connectivity index (χ0v) is 16.6. The molecule has 0 aromatic rings. The van der Waals surface area contributed by atoms with Gasteiger partial charge in [0.15, 0.2) is 0 Å². The zero-order valence-electron chi connectivity index (χ0n) is 16.6. The molecule has 25 heavy (non-hydrogen) atoms. The van der Waals surface area contributed by atoms with E-state index in [-0.39, 0.29) is 18.4 Å². The minimum Gasteiger partial charge on any atom is -0.464 e. The number of hydrogen-bond donors (Lipinski definition) is 0. The Kier molecular flexibility index (Phi) is 16.6. The maximum atomic E-state index is 11.9. The van der Waals surface area contributed by atoms with Crippen LogP contribution in [0.4, 0.5) is 0 Å².